The van der Waals surface area contributed by atoms with Gasteiger partial charge in [-0.05, 0) is 43.4 Å². The summed E-state index contributed by atoms with van der Waals surface area (Å²) in [5, 5.41) is 10.6. The van der Waals surface area contributed by atoms with Crippen LogP contribution >= 0.6 is 15.6 Å². The minimum Gasteiger partial charge on any atom is -0.462 e. The zero-order valence-corrected chi connectivity index (χ0v) is 66.8. The Morgan fingerprint density at radius 2 is 0.465 bits per heavy atom. The first-order valence-corrected chi connectivity index (χ1v) is 44.3. The Kier molecular flexibility index (Phi) is 69.0. The summed E-state index contributed by atoms with van der Waals surface area (Å²) in [4.78, 5) is 72.9. The molecule has 0 aromatic rings. The predicted octanol–water partition coefficient (Wildman–Crippen LogP) is 23.7. The highest BCUT2D eigenvalue weighted by atomic mass is 31.2. The van der Waals surface area contributed by atoms with E-state index in [-0.39, 0.29) is 25.7 Å². The SMILES string of the molecule is CCCCCCCCCCCCC(=O)OC[C@H](COP(=O)(O)OC[C@H](O)COP(=O)(O)OC[C@@H](COC(=O)CCCCCCCCCCCCCCCCCCC(C)C)OC(=O)CCCCCCCCCCCCCCCCCCC(C)C)OC(=O)CCCCCCCCCCC(C)C. The average Bonchev–Trinajstić information content (AvgIpc) is 0.953. The van der Waals surface area contributed by atoms with Gasteiger partial charge in [0, 0.05) is 25.7 Å². The first-order chi connectivity index (χ1) is 47.7. The molecule has 0 saturated heterocycles. The summed E-state index contributed by atoms with van der Waals surface area (Å²) in [6.07, 6.45) is 58.4. The molecule has 0 aliphatic carbocycles. The van der Waals surface area contributed by atoms with Gasteiger partial charge in [-0.2, -0.15) is 0 Å². The second-order valence-corrected chi connectivity index (χ2v) is 33.1. The summed E-state index contributed by atoms with van der Waals surface area (Å²) in [5.41, 5.74) is 0. The van der Waals surface area contributed by atoms with E-state index >= 15 is 0 Å². The zero-order chi connectivity index (χ0) is 73.0. The van der Waals surface area contributed by atoms with Gasteiger partial charge in [0.25, 0.3) is 0 Å². The van der Waals surface area contributed by atoms with Gasteiger partial charge in [0.05, 0.1) is 26.4 Å². The van der Waals surface area contributed by atoms with Gasteiger partial charge in [-0.1, -0.05) is 363 Å². The van der Waals surface area contributed by atoms with Crippen LogP contribution in [0.4, 0.5) is 0 Å². The Bertz CT molecular complexity index is 1920. The first kappa shape index (κ1) is 97.1. The van der Waals surface area contributed by atoms with Crippen molar-refractivity contribution in [3.05, 3.63) is 0 Å². The molecule has 0 aromatic heterocycles. The van der Waals surface area contributed by atoms with E-state index in [1.165, 1.54) is 225 Å². The molecule has 3 N–H and O–H groups in total. The van der Waals surface area contributed by atoms with Crippen LogP contribution in [-0.2, 0) is 65.4 Å². The Morgan fingerprint density at radius 1 is 0.273 bits per heavy atom. The lowest BCUT2D eigenvalue weighted by Crippen LogP contribution is -2.30. The Labute approximate surface area is 607 Å². The maximum atomic E-state index is 13.1. The van der Waals surface area contributed by atoms with E-state index in [0.29, 0.717) is 25.7 Å². The third-order valence-electron chi connectivity index (χ3n) is 18.6. The number of phosphoric acid groups is 2. The van der Waals surface area contributed by atoms with Gasteiger partial charge in [0.15, 0.2) is 12.2 Å². The molecule has 0 bridgehead atoms. The normalized spacial score (nSPS) is 14.0. The number of phosphoric ester groups is 2. The number of unbranched alkanes of at least 4 members (excludes halogenated alkanes) is 46. The van der Waals surface area contributed by atoms with Crippen molar-refractivity contribution >= 4 is 39.5 Å². The first-order valence-electron chi connectivity index (χ1n) is 41.3. The number of hydrogen-bond acceptors (Lipinski definition) is 15. The van der Waals surface area contributed by atoms with Crippen LogP contribution in [0.2, 0.25) is 0 Å². The molecule has 99 heavy (non-hydrogen) atoms. The van der Waals surface area contributed by atoms with Gasteiger partial charge in [0.2, 0.25) is 0 Å². The number of aliphatic hydroxyl groups excluding tert-OH is 1. The number of aliphatic hydroxyl groups is 1. The van der Waals surface area contributed by atoms with Crippen molar-refractivity contribution in [3.63, 3.8) is 0 Å². The average molecular weight is 1450 g/mol. The fourth-order valence-electron chi connectivity index (χ4n) is 12.3. The van der Waals surface area contributed by atoms with Gasteiger partial charge < -0.3 is 33.8 Å². The molecule has 19 heteroatoms. The fourth-order valence-corrected chi connectivity index (χ4v) is 13.9. The second kappa shape index (κ2) is 70.4. The van der Waals surface area contributed by atoms with Gasteiger partial charge in [-0.15, -0.1) is 0 Å². The molecular formula is C80H156O17P2. The molecule has 0 saturated carbocycles. The Balaban J connectivity index is 5.21. The molecule has 588 valence electrons. The van der Waals surface area contributed by atoms with E-state index in [4.69, 9.17) is 37.0 Å². The van der Waals surface area contributed by atoms with Crippen molar-refractivity contribution in [1.82, 2.24) is 0 Å². The van der Waals surface area contributed by atoms with E-state index in [9.17, 15) is 43.2 Å². The minimum atomic E-state index is -4.96. The maximum Gasteiger partial charge on any atom is 0.472 e. The largest absolute Gasteiger partial charge is 0.472 e. The smallest absolute Gasteiger partial charge is 0.462 e. The standard InChI is InChI=1S/C80H156O17P2/c1-8-9-10-11-12-13-32-40-47-54-61-77(82)90-68-76(97-80(85)64-57-50-43-36-35-39-46-53-60-73(6)7)70-95-99(88,89)93-66-74(81)65-92-98(86,87)94-69-75(96-79(84)63-56-49-42-34-29-25-21-17-15-19-23-27-31-38-45-52-59-72(4)5)67-91-78(83)62-55-48-41-33-28-24-20-16-14-18-22-26-30-37-44-51-58-71(2)3/h71-76,81H,8-70H2,1-7H3,(H,86,87)(H,88,89)/t74-,75-,76-/m1/s1. The summed E-state index contributed by atoms with van der Waals surface area (Å²) < 4.78 is 68.6. The highest BCUT2D eigenvalue weighted by molar-refractivity contribution is 7.47. The number of esters is 4. The lowest BCUT2D eigenvalue weighted by Gasteiger charge is -2.21. The number of rotatable bonds is 78. The van der Waals surface area contributed by atoms with Gasteiger partial charge in [-0.3, -0.25) is 37.3 Å². The van der Waals surface area contributed by atoms with E-state index in [0.717, 1.165) is 108 Å². The molecule has 0 fully saturated rings. The van der Waals surface area contributed by atoms with Crippen molar-refractivity contribution in [2.75, 3.05) is 39.6 Å². The van der Waals surface area contributed by atoms with E-state index in [1.54, 1.807) is 0 Å². The third-order valence-corrected chi connectivity index (χ3v) is 20.5. The van der Waals surface area contributed by atoms with Crippen molar-refractivity contribution in [2.45, 2.75) is 433 Å². The topological polar surface area (TPSA) is 237 Å². The van der Waals surface area contributed by atoms with Crippen molar-refractivity contribution < 1.29 is 80.2 Å². The van der Waals surface area contributed by atoms with E-state index in [1.807, 2.05) is 0 Å². The molecule has 5 atom stereocenters. The molecule has 0 aromatic carbocycles. The van der Waals surface area contributed by atoms with Gasteiger partial charge in [0.1, 0.15) is 19.3 Å². The van der Waals surface area contributed by atoms with Crippen LogP contribution < -0.4 is 0 Å². The molecule has 0 aliphatic rings. The summed E-state index contributed by atoms with van der Waals surface area (Å²) in [5.74, 6) is 0.226. The lowest BCUT2D eigenvalue weighted by atomic mass is 10.0. The molecule has 0 spiro atoms. The summed E-state index contributed by atoms with van der Waals surface area (Å²) in [6.45, 7) is 11.9. The van der Waals surface area contributed by atoms with E-state index < -0.39 is 97.5 Å². The molecule has 0 rings (SSSR count). The molecule has 2 unspecified atom stereocenters. The maximum absolute atomic E-state index is 13.1. The zero-order valence-electron chi connectivity index (χ0n) is 65.0. The van der Waals surface area contributed by atoms with Crippen LogP contribution in [0.3, 0.4) is 0 Å². The van der Waals surface area contributed by atoms with Crippen LogP contribution in [0, 0.1) is 17.8 Å². The number of hydrogen-bond donors (Lipinski definition) is 3. The Morgan fingerprint density at radius 3 is 0.687 bits per heavy atom. The van der Waals surface area contributed by atoms with Crippen molar-refractivity contribution in [1.29, 1.82) is 0 Å². The van der Waals surface area contributed by atoms with Crippen LogP contribution in [0.25, 0.3) is 0 Å². The molecule has 17 nitrogen and oxygen atoms in total. The summed E-state index contributed by atoms with van der Waals surface area (Å²) >= 11 is 0. The minimum absolute atomic E-state index is 0.105. The third kappa shape index (κ3) is 74.1. The fraction of sp³-hybridized carbons (Fsp3) is 0.950. The monoisotopic (exact) mass is 1450 g/mol. The highest BCUT2D eigenvalue weighted by Gasteiger charge is 2.30. The molecule has 0 heterocycles. The van der Waals surface area contributed by atoms with Crippen molar-refractivity contribution in [3.8, 4) is 0 Å². The quantitative estimate of drug-likeness (QED) is 0.0222. The number of ether oxygens (including phenoxy) is 4. The number of carbonyl (C=O) groups excluding carboxylic acids is 4. The van der Waals surface area contributed by atoms with E-state index in [2.05, 4.69) is 48.5 Å². The highest BCUT2D eigenvalue weighted by Crippen LogP contribution is 2.45. The summed E-state index contributed by atoms with van der Waals surface area (Å²) in [7, 11) is -9.92. The Hall–Kier alpha value is -1.94. The predicted molar refractivity (Wildman–Crippen MR) is 405 cm³/mol. The van der Waals surface area contributed by atoms with Crippen LogP contribution in [-0.4, -0.2) is 96.7 Å². The lowest BCUT2D eigenvalue weighted by molar-refractivity contribution is -0.161. The molecular weight excluding hydrogens is 1290 g/mol. The van der Waals surface area contributed by atoms with Crippen molar-refractivity contribution in [2.24, 2.45) is 17.8 Å². The number of carbonyl (C=O) groups is 4. The van der Waals surface area contributed by atoms with Crippen LogP contribution in [0.5, 0.6) is 0 Å². The van der Waals surface area contributed by atoms with Gasteiger partial charge >= 0.3 is 39.5 Å². The molecule has 0 amide bonds. The van der Waals surface area contributed by atoms with Gasteiger partial charge in [-0.25, -0.2) is 9.13 Å². The van der Waals surface area contributed by atoms with Crippen LogP contribution in [0.1, 0.15) is 414 Å². The summed E-state index contributed by atoms with van der Waals surface area (Å²) in [6, 6.07) is 0. The second-order valence-electron chi connectivity index (χ2n) is 30.2. The molecule has 0 aliphatic heterocycles. The molecule has 0 radical (unpaired) electrons. The van der Waals surface area contributed by atoms with Crippen LogP contribution in [0.15, 0.2) is 0 Å².